The van der Waals surface area contributed by atoms with E-state index in [1.807, 2.05) is 36.4 Å². The molecule has 31 heavy (non-hydrogen) atoms. The number of rotatable bonds is 5. The predicted octanol–water partition coefficient (Wildman–Crippen LogP) is 6.07. The van der Waals surface area contributed by atoms with Crippen LogP contribution in [0.3, 0.4) is 0 Å². The van der Waals surface area contributed by atoms with Gasteiger partial charge in [0.2, 0.25) is 0 Å². The Kier molecular flexibility index (Phi) is 5.81. The molecule has 0 saturated heterocycles. The highest BCUT2D eigenvalue weighted by Gasteiger charge is 2.29. The molecule has 8 heteroatoms. The Morgan fingerprint density at radius 1 is 0.935 bits per heavy atom. The molecule has 0 bridgehead atoms. The third kappa shape index (κ3) is 5.16. The molecule has 0 fully saturated rings. The van der Waals surface area contributed by atoms with E-state index in [-0.39, 0.29) is 11.6 Å². The second kappa shape index (κ2) is 8.69. The number of aromatic nitrogens is 2. The average molecular weight is 439 g/mol. The van der Waals surface area contributed by atoms with Crippen LogP contribution < -0.4 is 5.32 Å². The fraction of sp³-hybridized carbons (Fsp3) is 0.0870. The number of carbonyl (C=O) groups excluding carboxylic acids is 1. The molecule has 0 aliphatic carbocycles. The van der Waals surface area contributed by atoms with Crippen LogP contribution in [0.1, 0.15) is 26.5 Å². The summed E-state index contributed by atoms with van der Waals surface area (Å²) >= 11 is 1.27. The number of hydrogen-bond acceptors (Lipinski definition) is 4. The Balaban J connectivity index is 1.43. The number of carbonyl (C=O) groups is 1. The Hall–Kier alpha value is -3.52. The van der Waals surface area contributed by atoms with Gasteiger partial charge in [-0.05, 0) is 29.8 Å². The first-order chi connectivity index (χ1) is 14.9. The van der Waals surface area contributed by atoms with E-state index in [4.69, 9.17) is 0 Å². The van der Waals surface area contributed by atoms with Crippen molar-refractivity contribution in [2.45, 2.75) is 12.6 Å². The summed E-state index contributed by atoms with van der Waals surface area (Å²) < 4.78 is 38.0. The molecule has 0 aliphatic rings. The van der Waals surface area contributed by atoms with Gasteiger partial charge in [-0.3, -0.25) is 10.1 Å². The van der Waals surface area contributed by atoms with E-state index >= 15 is 0 Å². The number of hydrogen-bond donors (Lipinski definition) is 1. The van der Waals surface area contributed by atoms with Crippen molar-refractivity contribution in [3.05, 3.63) is 101 Å². The van der Waals surface area contributed by atoms with E-state index in [9.17, 15) is 18.0 Å². The molecule has 4 nitrogen and oxygen atoms in total. The molecule has 0 unspecified atom stereocenters. The van der Waals surface area contributed by atoms with Crippen LogP contribution in [-0.2, 0) is 12.6 Å². The van der Waals surface area contributed by atoms with E-state index in [1.165, 1.54) is 23.5 Å². The van der Waals surface area contributed by atoms with Crippen LogP contribution in [0.2, 0.25) is 0 Å². The monoisotopic (exact) mass is 439 g/mol. The van der Waals surface area contributed by atoms with Crippen LogP contribution >= 0.6 is 11.3 Å². The third-order valence-corrected chi connectivity index (χ3v) is 5.40. The quantitative estimate of drug-likeness (QED) is 0.411. The fourth-order valence-electron chi connectivity index (χ4n) is 2.95. The Bertz CT molecular complexity index is 1190. The van der Waals surface area contributed by atoms with Crippen LogP contribution in [0.4, 0.5) is 18.3 Å². The molecule has 0 aliphatic heterocycles. The molecule has 0 radical (unpaired) electrons. The molecule has 2 aromatic carbocycles. The molecule has 1 amide bonds. The Morgan fingerprint density at radius 3 is 2.39 bits per heavy atom. The highest BCUT2D eigenvalue weighted by atomic mass is 32.1. The zero-order chi connectivity index (χ0) is 21.8. The van der Waals surface area contributed by atoms with Crippen LogP contribution in [0.25, 0.3) is 11.3 Å². The number of pyridine rings is 1. The molecule has 4 aromatic rings. The molecule has 156 valence electrons. The Morgan fingerprint density at radius 2 is 1.68 bits per heavy atom. The van der Waals surface area contributed by atoms with Gasteiger partial charge in [0.05, 0.1) is 11.3 Å². The first-order valence-corrected chi connectivity index (χ1v) is 10.1. The van der Waals surface area contributed by atoms with E-state index in [2.05, 4.69) is 15.3 Å². The van der Waals surface area contributed by atoms with E-state index in [0.717, 1.165) is 28.1 Å². The number of amides is 1. The van der Waals surface area contributed by atoms with Crippen molar-refractivity contribution in [1.29, 1.82) is 0 Å². The number of alkyl halides is 3. The lowest BCUT2D eigenvalue weighted by molar-refractivity contribution is -0.137. The van der Waals surface area contributed by atoms with Gasteiger partial charge in [-0.15, -0.1) is 11.3 Å². The molecule has 1 N–H and O–H groups in total. The highest BCUT2D eigenvalue weighted by Crippen LogP contribution is 2.30. The summed E-state index contributed by atoms with van der Waals surface area (Å²) in [6.07, 6.45) is -2.33. The molecule has 0 atom stereocenters. The zero-order valence-electron chi connectivity index (χ0n) is 16.1. The van der Waals surface area contributed by atoms with Crippen molar-refractivity contribution in [1.82, 2.24) is 9.97 Å². The summed E-state index contributed by atoms with van der Waals surface area (Å²) in [6, 6.07) is 19.8. The average Bonchev–Trinajstić information content (AvgIpc) is 3.21. The van der Waals surface area contributed by atoms with Crippen molar-refractivity contribution in [2.75, 3.05) is 5.32 Å². The van der Waals surface area contributed by atoms with Gasteiger partial charge in [-0.2, -0.15) is 13.2 Å². The third-order valence-electron chi connectivity index (χ3n) is 4.48. The minimum Gasteiger partial charge on any atom is -0.296 e. The first kappa shape index (κ1) is 20.7. The fourth-order valence-corrected chi connectivity index (χ4v) is 3.79. The molecule has 4 rings (SSSR count). The summed E-state index contributed by atoms with van der Waals surface area (Å²) in [5.41, 5.74) is 1.91. The van der Waals surface area contributed by atoms with E-state index in [0.29, 0.717) is 17.2 Å². The number of nitrogens with one attached hydrogen (secondary N) is 1. The lowest BCUT2D eigenvalue weighted by atomic mass is 10.1. The molecule has 2 aromatic heterocycles. The van der Waals surface area contributed by atoms with E-state index in [1.54, 1.807) is 18.3 Å². The topological polar surface area (TPSA) is 54.9 Å². The van der Waals surface area contributed by atoms with Crippen molar-refractivity contribution in [3.8, 4) is 11.3 Å². The van der Waals surface area contributed by atoms with Gasteiger partial charge in [-0.1, -0.05) is 48.5 Å². The van der Waals surface area contributed by atoms with Gasteiger partial charge in [-0.25, -0.2) is 9.97 Å². The number of thiazole rings is 1. The van der Waals surface area contributed by atoms with Gasteiger partial charge >= 0.3 is 6.18 Å². The molecule has 0 saturated carbocycles. The lowest BCUT2D eigenvalue weighted by Gasteiger charge is -2.07. The van der Waals surface area contributed by atoms with Crippen molar-refractivity contribution >= 4 is 22.4 Å². The maximum atomic E-state index is 12.7. The number of benzene rings is 2. The minimum atomic E-state index is -4.35. The standard InChI is InChI=1S/C23H16F3N3OS/c24-23(25,26)17-11-9-15(10-12-17)13-18-14-27-22(31-18)29-21(30)20-8-4-7-19(28-20)16-5-2-1-3-6-16/h1-12,14H,13H2,(H,27,29,30). The number of nitrogens with zero attached hydrogens (tertiary/aromatic N) is 2. The SMILES string of the molecule is O=C(Nc1ncc(Cc2ccc(C(F)(F)F)cc2)s1)c1cccc(-c2ccccc2)n1. The second-order valence-electron chi connectivity index (χ2n) is 6.73. The van der Waals surface area contributed by atoms with Crippen molar-refractivity contribution in [2.24, 2.45) is 0 Å². The van der Waals surface area contributed by atoms with Crippen LogP contribution in [0.15, 0.2) is 79.0 Å². The van der Waals surface area contributed by atoms with Crippen LogP contribution in [0, 0.1) is 0 Å². The smallest absolute Gasteiger partial charge is 0.296 e. The summed E-state index contributed by atoms with van der Waals surface area (Å²) in [5.74, 6) is -0.381. The van der Waals surface area contributed by atoms with E-state index < -0.39 is 11.7 Å². The summed E-state index contributed by atoms with van der Waals surface area (Å²) in [5, 5.41) is 3.13. The molecule has 2 heterocycles. The maximum absolute atomic E-state index is 12.7. The van der Waals surface area contributed by atoms with Gasteiger partial charge in [0.15, 0.2) is 5.13 Å². The van der Waals surface area contributed by atoms with Gasteiger partial charge in [0, 0.05) is 23.1 Å². The molecular formula is C23H16F3N3OS. The zero-order valence-corrected chi connectivity index (χ0v) is 16.9. The van der Waals surface area contributed by atoms with Crippen molar-refractivity contribution < 1.29 is 18.0 Å². The molecule has 0 spiro atoms. The van der Waals surface area contributed by atoms with Crippen molar-refractivity contribution in [3.63, 3.8) is 0 Å². The lowest BCUT2D eigenvalue weighted by Crippen LogP contribution is -2.13. The molecular weight excluding hydrogens is 423 g/mol. The minimum absolute atomic E-state index is 0.265. The van der Waals surface area contributed by atoms with Gasteiger partial charge < -0.3 is 0 Å². The second-order valence-corrected chi connectivity index (χ2v) is 7.85. The van der Waals surface area contributed by atoms with Gasteiger partial charge in [0.25, 0.3) is 5.91 Å². The van der Waals surface area contributed by atoms with Gasteiger partial charge in [0.1, 0.15) is 5.69 Å². The summed E-state index contributed by atoms with van der Waals surface area (Å²) in [7, 11) is 0. The summed E-state index contributed by atoms with van der Waals surface area (Å²) in [4.78, 5) is 22.0. The first-order valence-electron chi connectivity index (χ1n) is 9.33. The number of anilines is 1. The van der Waals surface area contributed by atoms with Crippen LogP contribution in [-0.4, -0.2) is 15.9 Å². The number of halogens is 3. The largest absolute Gasteiger partial charge is 0.416 e. The highest BCUT2D eigenvalue weighted by molar-refractivity contribution is 7.15. The normalized spacial score (nSPS) is 11.3. The summed E-state index contributed by atoms with van der Waals surface area (Å²) in [6.45, 7) is 0. The maximum Gasteiger partial charge on any atom is 0.416 e. The van der Waals surface area contributed by atoms with Crippen LogP contribution in [0.5, 0.6) is 0 Å². The Labute approximate surface area is 180 Å². The predicted molar refractivity (Wildman–Crippen MR) is 114 cm³/mol.